The van der Waals surface area contributed by atoms with E-state index in [0.717, 1.165) is 25.0 Å². The van der Waals surface area contributed by atoms with Gasteiger partial charge in [0.15, 0.2) is 5.82 Å². The van der Waals surface area contributed by atoms with Gasteiger partial charge >= 0.3 is 12.1 Å². The van der Waals surface area contributed by atoms with Crippen LogP contribution in [0.1, 0.15) is 57.1 Å². The van der Waals surface area contributed by atoms with E-state index in [0.29, 0.717) is 60.1 Å². The van der Waals surface area contributed by atoms with E-state index in [-0.39, 0.29) is 25.3 Å². The lowest BCUT2D eigenvalue weighted by Gasteiger charge is -2.29. The lowest BCUT2D eigenvalue weighted by Crippen LogP contribution is -2.56. The fraction of sp³-hybridized carbons (Fsp3) is 0.559. The van der Waals surface area contributed by atoms with E-state index >= 15 is 0 Å². The number of thiophene rings is 1. The normalized spacial score (nSPS) is 28.7. The summed E-state index contributed by atoms with van der Waals surface area (Å²) in [6, 6.07) is 1.73. The van der Waals surface area contributed by atoms with Crippen LogP contribution in [0.5, 0.6) is 5.88 Å². The number of hydrogen-bond donors (Lipinski definition) is 3. The van der Waals surface area contributed by atoms with Crippen LogP contribution in [-0.4, -0.2) is 103 Å². The Morgan fingerprint density at radius 1 is 1.18 bits per heavy atom. The molecule has 266 valence electrons. The molecule has 3 N–H and O–H groups in total. The summed E-state index contributed by atoms with van der Waals surface area (Å²) in [6.45, 7) is 2.68. The standard InChI is InChI=1S/C34H41N7O8S/c1-19-14-25(40(2)39-19)28-35-23-11-13-50-27(23)30(37-28)48-22-15-26-29(42)38-34(32(44)45)16-20(34)8-6-4-3-5-7-9-24(31(43)41(26)17-22)36-33(46)49-21-10-12-47-18-21/h6,8,11,13-14,20-22,24,26H,3-5,7,9-10,12,15-18H2,1-2H3,(H,36,46)(H,38,42)(H,44,45)/t20-,21+,22-,24+,26+,34-/m1/s1. The predicted molar refractivity (Wildman–Crippen MR) is 180 cm³/mol. The van der Waals surface area contributed by atoms with Gasteiger partial charge in [0.2, 0.25) is 17.7 Å². The Labute approximate surface area is 292 Å². The number of fused-ring (bicyclic) bond motifs is 3. The van der Waals surface area contributed by atoms with E-state index in [1.165, 1.54) is 16.2 Å². The molecule has 3 aromatic heterocycles. The number of carboxylic acid groups (broad SMARTS) is 1. The van der Waals surface area contributed by atoms with Crippen molar-refractivity contribution in [2.45, 2.75) is 88.1 Å². The number of carbonyl (C=O) groups is 4. The minimum absolute atomic E-state index is 0.0149. The SMILES string of the molecule is Cc1cc(-c2nc(O[C@@H]3C[C@H]4C(=O)N[C@]5(C(=O)O)C[C@H]5C=CCCCCC[C@H](NC(=O)O[C@H]5CCOC5)C(=O)N4C3)c3sccc3n2)n(C)n1. The summed E-state index contributed by atoms with van der Waals surface area (Å²) in [5.74, 6) is -1.79. The number of nitrogens with one attached hydrogen (secondary N) is 2. The Morgan fingerprint density at radius 2 is 2.04 bits per heavy atom. The monoisotopic (exact) mass is 707 g/mol. The number of amides is 3. The van der Waals surface area contributed by atoms with Crippen LogP contribution in [0.4, 0.5) is 4.79 Å². The van der Waals surface area contributed by atoms with Gasteiger partial charge < -0.3 is 34.9 Å². The van der Waals surface area contributed by atoms with Crippen molar-refractivity contribution >= 4 is 45.4 Å². The largest absolute Gasteiger partial charge is 0.479 e. The number of aliphatic carboxylic acids is 1. The summed E-state index contributed by atoms with van der Waals surface area (Å²) in [5, 5.41) is 22.0. The Balaban J connectivity index is 1.18. The maximum atomic E-state index is 14.4. The van der Waals surface area contributed by atoms with Crippen molar-refractivity contribution in [2.75, 3.05) is 19.8 Å². The van der Waals surface area contributed by atoms with Crippen LogP contribution in [0.25, 0.3) is 21.7 Å². The highest BCUT2D eigenvalue weighted by molar-refractivity contribution is 7.17. The van der Waals surface area contributed by atoms with Crippen LogP contribution in [0.3, 0.4) is 0 Å². The minimum Gasteiger partial charge on any atom is -0.479 e. The molecule has 16 heteroatoms. The zero-order valence-corrected chi connectivity index (χ0v) is 28.8. The first kappa shape index (κ1) is 33.9. The second-order valence-corrected chi connectivity index (χ2v) is 14.4. The highest BCUT2D eigenvalue weighted by Crippen LogP contribution is 2.45. The fourth-order valence-corrected chi connectivity index (χ4v) is 7.85. The third-order valence-electron chi connectivity index (χ3n) is 9.86. The molecule has 3 aliphatic heterocycles. The van der Waals surface area contributed by atoms with Crippen molar-refractivity contribution in [3.63, 3.8) is 0 Å². The predicted octanol–water partition coefficient (Wildman–Crippen LogP) is 3.11. The van der Waals surface area contributed by atoms with Crippen LogP contribution in [0, 0.1) is 12.8 Å². The summed E-state index contributed by atoms with van der Waals surface area (Å²) in [6.07, 6.45) is 6.31. The lowest BCUT2D eigenvalue weighted by molar-refractivity contribution is -0.145. The summed E-state index contributed by atoms with van der Waals surface area (Å²) in [7, 11) is 1.81. The van der Waals surface area contributed by atoms with Gasteiger partial charge in [0, 0.05) is 25.8 Å². The molecule has 15 nitrogen and oxygen atoms in total. The third-order valence-corrected chi connectivity index (χ3v) is 10.7. The van der Waals surface area contributed by atoms with Crippen LogP contribution in [0.15, 0.2) is 29.7 Å². The first-order chi connectivity index (χ1) is 24.1. The molecule has 6 atom stereocenters. The van der Waals surface area contributed by atoms with Gasteiger partial charge in [0.25, 0.3) is 0 Å². The summed E-state index contributed by atoms with van der Waals surface area (Å²) in [5.41, 5.74) is 0.742. The van der Waals surface area contributed by atoms with Gasteiger partial charge in [-0.2, -0.15) is 10.1 Å². The first-order valence-corrected chi connectivity index (χ1v) is 18.0. The Kier molecular flexibility index (Phi) is 9.48. The molecule has 7 rings (SSSR count). The molecule has 0 aromatic carbocycles. The highest BCUT2D eigenvalue weighted by atomic mass is 32.1. The average Bonchev–Trinajstić information content (AvgIpc) is 3.64. The molecule has 0 spiro atoms. The van der Waals surface area contributed by atoms with Crippen molar-refractivity contribution in [1.29, 1.82) is 0 Å². The molecule has 3 fully saturated rings. The molecule has 3 amide bonds. The van der Waals surface area contributed by atoms with Gasteiger partial charge in [-0.15, -0.1) is 11.3 Å². The number of allylic oxidation sites excluding steroid dienone is 1. The van der Waals surface area contributed by atoms with Crippen molar-refractivity contribution in [2.24, 2.45) is 13.0 Å². The molecule has 6 heterocycles. The topological polar surface area (TPSA) is 187 Å². The molecule has 1 saturated carbocycles. The number of hydrogen-bond acceptors (Lipinski definition) is 11. The summed E-state index contributed by atoms with van der Waals surface area (Å²) < 4.78 is 19.8. The zero-order chi connectivity index (χ0) is 35.0. The Bertz CT molecular complexity index is 1820. The molecule has 3 aromatic rings. The molecule has 4 aliphatic rings. The zero-order valence-electron chi connectivity index (χ0n) is 28.0. The van der Waals surface area contributed by atoms with Crippen molar-refractivity contribution in [3.8, 4) is 17.4 Å². The lowest BCUT2D eigenvalue weighted by atomic mass is 10.0. The van der Waals surface area contributed by atoms with Gasteiger partial charge in [-0.25, -0.2) is 14.6 Å². The van der Waals surface area contributed by atoms with Crippen molar-refractivity contribution < 1.29 is 38.5 Å². The summed E-state index contributed by atoms with van der Waals surface area (Å²) in [4.78, 5) is 64.7. The van der Waals surface area contributed by atoms with Crippen LogP contribution < -0.4 is 15.4 Å². The number of carbonyl (C=O) groups excluding carboxylic acids is 3. The Morgan fingerprint density at radius 3 is 2.80 bits per heavy atom. The second-order valence-electron chi connectivity index (χ2n) is 13.5. The van der Waals surface area contributed by atoms with Crippen LogP contribution >= 0.6 is 11.3 Å². The van der Waals surface area contributed by atoms with Gasteiger partial charge in [0.1, 0.15) is 40.2 Å². The van der Waals surface area contributed by atoms with Crippen LogP contribution in [-0.2, 0) is 30.9 Å². The van der Waals surface area contributed by atoms with E-state index in [1.807, 2.05) is 43.6 Å². The number of ether oxygens (including phenoxy) is 3. The van der Waals surface area contributed by atoms with Crippen molar-refractivity contribution in [1.82, 2.24) is 35.3 Å². The van der Waals surface area contributed by atoms with E-state index in [9.17, 15) is 24.3 Å². The molecule has 0 radical (unpaired) electrons. The number of aryl methyl sites for hydroxylation is 2. The second kappa shape index (κ2) is 14.0. The number of aromatic nitrogens is 4. The van der Waals surface area contributed by atoms with Gasteiger partial charge in [-0.05, 0) is 50.1 Å². The Hall–Kier alpha value is -4.57. The molecule has 2 saturated heterocycles. The number of alkyl carbamates (subject to hydrolysis) is 1. The smallest absolute Gasteiger partial charge is 0.408 e. The number of rotatable bonds is 6. The molecule has 0 bridgehead atoms. The molecular weight excluding hydrogens is 666 g/mol. The van der Waals surface area contributed by atoms with E-state index in [4.69, 9.17) is 24.2 Å². The maximum Gasteiger partial charge on any atom is 0.408 e. The number of nitrogens with zero attached hydrogens (tertiary/aromatic N) is 5. The van der Waals surface area contributed by atoms with Gasteiger partial charge in [-0.3, -0.25) is 14.3 Å². The quantitative estimate of drug-likeness (QED) is 0.320. The average molecular weight is 708 g/mol. The fourth-order valence-electron chi connectivity index (χ4n) is 7.09. The van der Waals surface area contributed by atoms with Crippen molar-refractivity contribution in [3.05, 3.63) is 35.4 Å². The van der Waals surface area contributed by atoms with Gasteiger partial charge in [-0.1, -0.05) is 25.0 Å². The molecule has 0 unspecified atom stereocenters. The molecule has 1 aliphatic carbocycles. The third kappa shape index (κ3) is 6.90. The number of carboxylic acids is 1. The van der Waals surface area contributed by atoms with Gasteiger partial charge in [0.05, 0.1) is 31.0 Å². The molecular formula is C34H41N7O8S. The minimum atomic E-state index is -1.45. The highest BCUT2D eigenvalue weighted by Gasteiger charge is 2.61. The molecule has 50 heavy (non-hydrogen) atoms. The van der Waals surface area contributed by atoms with E-state index < -0.39 is 53.7 Å². The van der Waals surface area contributed by atoms with E-state index in [2.05, 4.69) is 15.7 Å². The maximum absolute atomic E-state index is 14.4. The van der Waals surface area contributed by atoms with Crippen LogP contribution in [0.2, 0.25) is 0 Å². The first-order valence-electron chi connectivity index (χ1n) is 17.1. The van der Waals surface area contributed by atoms with E-state index in [1.54, 1.807) is 4.68 Å². The summed E-state index contributed by atoms with van der Waals surface area (Å²) >= 11 is 1.41.